The molecule has 176 valence electrons. The Balaban J connectivity index is 2.57. The van der Waals surface area contributed by atoms with E-state index in [1.807, 2.05) is 20.8 Å². The van der Waals surface area contributed by atoms with Crippen LogP contribution >= 0.6 is 0 Å². The number of hydrogen-bond acceptors (Lipinski definition) is 2. The number of esters is 1. The SMILES string of the molecule is CCCCCCCCCCC/C=C/[C@@H](CC(=O)OC(C)(C)C)[Si](C)(C)c1ccccc1. The summed E-state index contributed by atoms with van der Waals surface area (Å²) >= 11 is 0. The zero-order valence-electron chi connectivity index (χ0n) is 21.2. The van der Waals surface area contributed by atoms with Crippen LogP contribution < -0.4 is 5.19 Å². The second-order valence-corrected chi connectivity index (χ2v) is 15.3. The Hall–Kier alpha value is -1.35. The van der Waals surface area contributed by atoms with Crippen LogP contribution in [0.4, 0.5) is 0 Å². The van der Waals surface area contributed by atoms with Gasteiger partial charge in [0.2, 0.25) is 0 Å². The first-order chi connectivity index (χ1) is 14.7. The van der Waals surface area contributed by atoms with Crippen LogP contribution in [0.2, 0.25) is 18.6 Å². The number of ether oxygens (including phenoxy) is 1. The minimum Gasteiger partial charge on any atom is -0.460 e. The zero-order chi connectivity index (χ0) is 23.2. The molecule has 1 rings (SSSR count). The lowest BCUT2D eigenvalue weighted by Crippen LogP contribution is -2.46. The number of carbonyl (C=O) groups excluding carboxylic acids is 1. The lowest BCUT2D eigenvalue weighted by Gasteiger charge is -2.31. The lowest BCUT2D eigenvalue weighted by atomic mass is 10.1. The zero-order valence-corrected chi connectivity index (χ0v) is 22.2. The highest BCUT2D eigenvalue weighted by Gasteiger charge is 2.34. The van der Waals surface area contributed by atoms with E-state index in [0.717, 1.165) is 6.42 Å². The molecule has 3 heteroatoms. The molecule has 0 saturated heterocycles. The van der Waals surface area contributed by atoms with Gasteiger partial charge >= 0.3 is 5.97 Å². The molecular weight excluding hydrogens is 396 g/mol. The molecule has 0 aliphatic rings. The Morgan fingerprint density at radius 2 is 1.48 bits per heavy atom. The normalized spacial score (nSPS) is 13.5. The van der Waals surface area contributed by atoms with Gasteiger partial charge in [-0.05, 0) is 39.2 Å². The van der Waals surface area contributed by atoms with Crippen molar-refractivity contribution in [3.63, 3.8) is 0 Å². The monoisotopic (exact) mass is 444 g/mol. The Morgan fingerprint density at radius 1 is 0.935 bits per heavy atom. The van der Waals surface area contributed by atoms with Gasteiger partial charge in [0.05, 0.1) is 8.07 Å². The molecule has 0 aliphatic carbocycles. The molecule has 0 unspecified atom stereocenters. The summed E-state index contributed by atoms with van der Waals surface area (Å²) in [5.74, 6) is -0.0817. The molecule has 1 aromatic rings. The van der Waals surface area contributed by atoms with Crippen molar-refractivity contribution in [3.05, 3.63) is 42.5 Å². The number of hydrogen-bond donors (Lipinski definition) is 0. The van der Waals surface area contributed by atoms with Crippen molar-refractivity contribution in [2.45, 2.75) is 123 Å². The van der Waals surface area contributed by atoms with Gasteiger partial charge < -0.3 is 4.74 Å². The Morgan fingerprint density at radius 3 is 2.03 bits per heavy atom. The number of rotatable bonds is 15. The molecule has 0 fully saturated rings. The summed E-state index contributed by atoms with van der Waals surface area (Å²) in [7, 11) is -1.83. The van der Waals surface area contributed by atoms with Crippen molar-refractivity contribution in [2.75, 3.05) is 0 Å². The summed E-state index contributed by atoms with van der Waals surface area (Å²) in [5, 5.41) is 1.40. The topological polar surface area (TPSA) is 26.3 Å². The molecule has 1 aromatic carbocycles. The largest absolute Gasteiger partial charge is 0.460 e. The fraction of sp³-hybridized carbons (Fsp3) is 0.679. The number of unbranched alkanes of at least 4 members (excludes halogenated alkanes) is 9. The minimum atomic E-state index is -1.83. The van der Waals surface area contributed by atoms with E-state index in [1.54, 1.807) is 0 Å². The first-order valence-corrected chi connectivity index (χ1v) is 15.7. The average molecular weight is 445 g/mol. The van der Waals surface area contributed by atoms with E-state index < -0.39 is 13.7 Å². The van der Waals surface area contributed by atoms with Crippen molar-refractivity contribution in [1.82, 2.24) is 0 Å². The third-order valence-corrected chi connectivity index (χ3v) is 10.2. The molecule has 0 bridgehead atoms. The molecule has 0 aliphatic heterocycles. The molecule has 2 nitrogen and oxygen atoms in total. The standard InChI is InChI=1S/C28H48O2Si/c1-7-8-9-10-11-12-13-14-15-16-18-23-26(24-27(29)30-28(2,3)4)31(5,6)25-21-19-17-20-22-25/h17-23,26H,7-16,24H2,1-6H3/b23-18+/t26-/m0/s1. The van der Waals surface area contributed by atoms with Crippen LogP contribution in [0, 0.1) is 0 Å². The van der Waals surface area contributed by atoms with Crippen LogP contribution in [0.25, 0.3) is 0 Å². The summed E-state index contributed by atoms with van der Waals surface area (Å²) in [6, 6.07) is 10.7. The second kappa shape index (κ2) is 14.7. The highest BCUT2D eigenvalue weighted by molar-refractivity contribution is 6.91. The van der Waals surface area contributed by atoms with Gasteiger partial charge in [-0.1, -0.05) is 119 Å². The summed E-state index contributed by atoms with van der Waals surface area (Å²) in [5.41, 5.74) is -0.177. The van der Waals surface area contributed by atoms with E-state index in [0.29, 0.717) is 6.42 Å². The average Bonchev–Trinajstić information content (AvgIpc) is 2.70. The van der Waals surface area contributed by atoms with Crippen LogP contribution in [0.3, 0.4) is 0 Å². The predicted octanol–water partition coefficient (Wildman–Crippen LogP) is 8.18. The number of benzene rings is 1. The maximum atomic E-state index is 12.6. The molecule has 0 N–H and O–H groups in total. The van der Waals surface area contributed by atoms with E-state index in [4.69, 9.17) is 4.74 Å². The van der Waals surface area contributed by atoms with E-state index in [2.05, 4.69) is 62.5 Å². The summed E-state index contributed by atoms with van der Waals surface area (Å²) in [4.78, 5) is 12.6. The number of carbonyl (C=O) groups is 1. The molecule has 0 radical (unpaired) electrons. The molecule has 0 heterocycles. The highest BCUT2D eigenvalue weighted by atomic mass is 28.3. The molecule has 0 aromatic heterocycles. The van der Waals surface area contributed by atoms with Crippen LogP contribution in [0.1, 0.15) is 98.3 Å². The quantitative estimate of drug-likeness (QED) is 0.118. The van der Waals surface area contributed by atoms with Crippen molar-refractivity contribution in [3.8, 4) is 0 Å². The van der Waals surface area contributed by atoms with Gasteiger partial charge in [-0.3, -0.25) is 4.79 Å². The summed E-state index contributed by atoms with van der Waals surface area (Å²) in [6.07, 6.45) is 18.4. The van der Waals surface area contributed by atoms with Gasteiger partial charge in [0.1, 0.15) is 5.60 Å². The third kappa shape index (κ3) is 12.3. The number of allylic oxidation sites excluding steroid dienone is 2. The van der Waals surface area contributed by atoms with Gasteiger partial charge in [-0.15, -0.1) is 0 Å². The van der Waals surface area contributed by atoms with Crippen molar-refractivity contribution in [1.29, 1.82) is 0 Å². The third-order valence-electron chi connectivity index (χ3n) is 6.09. The predicted molar refractivity (Wildman–Crippen MR) is 139 cm³/mol. The van der Waals surface area contributed by atoms with Crippen molar-refractivity contribution >= 4 is 19.2 Å². The maximum Gasteiger partial charge on any atom is 0.306 e. The van der Waals surface area contributed by atoms with Crippen molar-refractivity contribution in [2.24, 2.45) is 0 Å². The van der Waals surface area contributed by atoms with Gasteiger partial charge in [0, 0.05) is 6.42 Å². The van der Waals surface area contributed by atoms with Gasteiger partial charge in [0.15, 0.2) is 0 Å². The Kier molecular flexibility index (Phi) is 13.1. The molecule has 0 saturated carbocycles. The minimum absolute atomic E-state index is 0.0817. The van der Waals surface area contributed by atoms with E-state index in [9.17, 15) is 4.79 Å². The summed E-state index contributed by atoms with van der Waals surface area (Å²) in [6.45, 7) is 12.9. The lowest BCUT2D eigenvalue weighted by molar-refractivity contribution is -0.154. The van der Waals surface area contributed by atoms with Crippen LogP contribution in [0.5, 0.6) is 0 Å². The molecule has 0 amide bonds. The molecule has 0 spiro atoms. The fourth-order valence-electron chi connectivity index (χ4n) is 4.04. The van der Waals surface area contributed by atoms with Gasteiger partial charge in [-0.2, -0.15) is 0 Å². The van der Waals surface area contributed by atoms with Gasteiger partial charge in [-0.25, -0.2) is 0 Å². The molecular formula is C28H48O2Si. The van der Waals surface area contributed by atoms with E-state index >= 15 is 0 Å². The van der Waals surface area contributed by atoms with Crippen molar-refractivity contribution < 1.29 is 9.53 Å². The van der Waals surface area contributed by atoms with Crippen LogP contribution in [-0.4, -0.2) is 19.6 Å². The van der Waals surface area contributed by atoms with E-state index in [-0.39, 0.29) is 11.5 Å². The van der Waals surface area contributed by atoms with E-state index in [1.165, 1.54) is 63.0 Å². The first-order valence-electron chi connectivity index (χ1n) is 12.6. The van der Waals surface area contributed by atoms with Crippen LogP contribution in [0.15, 0.2) is 42.5 Å². The fourth-order valence-corrected chi connectivity index (χ4v) is 6.82. The Bertz CT molecular complexity index is 628. The highest BCUT2D eigenvalue weighted by Crippen LogP contribution is 2.29. The Labute approximate surface area is 193 Å². The molecule has 31 heavy (non-hydrogen) atoms. The smallest absolute Gasteiger partial charge is 0.306 e. The first kappa shape index (κ1) is 27.7. The van der Waals surface area contributed by atoms with Gasteiger partial charge in [0.25, 0.3) is 0 Å². The maximum absolute atomic E-state index is 12.6. The second-order valence-electron chi connectivity index (χ2n) is 10.5. The summed E-state index contributed by atoms with van der Waals surface area (Å²) < 4.78 is 5.66. The van der Waals surface area contributed by atoms with Crippen LogP contribution in [-0.2, 0) is 9.53 Å². The molecule has 1 atom stereocenters.